The molecule has 2 rings (SSSR count). The van der Waals surface area contributed by atoms with Gasteiger partial charge in [-0.2, -0.15) is 0 Å². The molecule has 1 aromatic rings. The van der Waals surface area contributed by atoms with Gasteiger partial charge in [0.15, 0.2) is 0 Å². The molecule has 1 fully saturated rings. The molecule has 0 saturated heterocycles. The van der Waals surface area contributed by atoms with Gasteiger partial charge in [0.2, 0.25) is 0 Å². The smallest absolute Gasteiger partial charge is 0.0307 e. The molecule has 0 radical (unpaired) electrons. The van der Waals surface area contributed by atoms with E-state index in [-0.39, 0.29) is 6.04 Å². The van der Waals surface area contributed by atoms with E-state index in [1.807, 2.05) is 6.07 Å². The van der Waals surface area contributed by atoms with Crippen molar-refractivity contribution < 1.29 is 0 Å². The van der Waals surface area contributed by atoms with Gasteiger partial charge in [-0.1, -0.05) is 47.3 Å². The Morgan fingerprint density at radius 2 is 2.05 bits per heavy atom. The largest absolute Gasteiger partial charge is 0.324 e. The summed E-state index contributed by atoms with van der Waals surface area (Å²) in [5.41, 5.74) is 7.52. The van der Waals surface area contributed by atoms with Crippen LogP contribution >= 0.6 is 15.9 Å². The van der Waals surface area contributed by atoms with E-state index in [4.69, 9.17) is 5.73 Å². The Labute approximate surface area is 125 Å². The van der Waals surface area contributed by atoms with E-state index in [2.05, 4.69) is 46.1 Å². The number of rotatable bonds is 5. The number of halogens is 1. The Bertz CT molecular complexity index is 388. The Kier molecular flexibility index (Phi) is 5.86. The normalized spacial score (nSPS) is 18.7. The number of hydrogen-bond acceptors (Lipinski definition) is 2. The van der Waals surface area contributed by atoms with E-state index in [1.165, 1.54) is 37.7 Å². The molecule has 0 spiro atoms. The highest BCUT2D eigenvalue weighted by Gasteiger charge is 2.18. The van der Waals surface area contributed by atoms with Crippen molar-refractivity contribution >= 4 is 15.9 Å². The maximum Gasteiger partial charge on any atom is 0.0307 e. The molecule has 3 heteroatoms. The number of nitrogens with zero attached hydrogens (tertiary/aromatic N) is 1. The minimum absolute atomic E-state index is 0.142. The molecule has 0 bridgehead atoms. The summed E-state index contributed by atoms with van der Waals surface area (Å²) in [4.78, 5) is 2.51. The highest BCUT2D eigenvalue weighted by atomic mass is 79.9. The lowest BCUT2D eigenvalue weighted by Gasteiger charge is -2.31. The van der Waals surface area contributed by atoms with Gasteiger partial charge in [-0.25, -0.2) is 0 Å². The molecule has 0 amide bonds. The molecule has 1 aliphatic carbocycles. The quantitative estimate of drug-likeness (QED) is 0.883. The lowest BCUT2D eigenvalue weighted by Crippen LogP contribution is -2.35. The number of benzene rings is 1. The van der Waals surface area contributed by atoms with Crippen molar-refractivity contribution in [3.8, 4) is 0 Å². The van der Waals surface area contributed by atoms with Crippen LogP contribution in [0.2, 0.25) is 0 Å². The fraction of sp³-hybridized carbons (Fsp3) is 0.625. The lowest BCUT2D eigenvalue weighted by atomic mass is 9.94. The molecule has 106 valence electrons. The van der Waals surface area contributed by atoms with Gasteiger partial charge in [-0.3, -0.25) is 0 Å². The van der Waals surface area contributed by atoms with Crippen LogP contribution in [0.4, 0.5) is 0 Å². The van der Waals surface area contributed by atoms with Crippen LogP contribution < -0.4 is 5.73 Å². The molecule has 0 aliphatic heterocycles. The van der Waals surface area contributed by atoms with Crippen LogP contribution in [0.3, 0.4) is 0 Å². The van der Waals surface area contributed by atoms with E-state index in [0.717, 1.165) is 23.5 Å². The van der Waals surface area contributed by atoms with Crippen molar-refractivity contribution in [2.45, 2.75) is 50.6 Å². The minimum Gasteiger partial charge on any atom is -0.324 e. The first-order valence-electron chi connectivity index (χ1n) is 7.38. The standard InChI is InChI=1S/C16H25BrN2/c1-19(15-8-3-2-4-9-15)11-10-16(18)13-6-5-7-14(17)12-13/h5-7,12,15-16H,2-4,8-11,18H2,1H3. The van der Waals surface area contributed by atoms with Crippen LogP contribution in [0.25, 0.3) is 0 Å². The van der Waals surface area contributed by atoms with Crippen molar-refractivity contribution in [1.82, 2.24) is 4.90 Å². The van der Waals surface area contributed by atoms with Gasteiger partial charge in [-0.05, 0) is 50.6 Å². The zero-order chi connectivity index (χ0) is 13.7. The van der Waals surface area contributed by atoms with Gasteiger partial charge in [-0.15, -0.1) is 0 Å². The molecule has 2 nitrogen and oxygen atoms in total. The van der Waals surface area contributed by atoms with E-state index < -0.39 is 0 Å². The second-order valence-corrected chi connectivity index (χ2v) is 6.64. The first-order valence-corrected chi connectivity index (χ1v) is 8.17. The Morgan fingerprint density at radius 1 is 1.32 bits per heavy atom. The second kappa shape index (κ2) is 7.41. The van der Waals surface area contributed by atoms with Crippen molar-refractivity contribution in [3.05, 3.63) is 34.3 Å². The molecular formula is C16H25BrN2. The third-order valence-electron chi connectivity index (χ3n) is 4.27. The molecule has 1 atom stereocenters. The summed E-state index contributed by atoms with van der Waals surface area (Å²) >= 11 is 3.51. The first-order chi connectivity index (χ1) is 9.16. The highest BCUT2D eigenvalue weighted by Crippen LogP contribution is 2.23. The van der Waals surface area contributed by atoms with Gasteiger partial charge < -0.3 is 10.6 Å². The molecule has 0 aromatic heterocycles. The third kappa shape index (κ3) is 4.59. The number of hydrogen-bond donors (Lipinski definition) is 1. The monoisotopic (exact) mass is 324 g/mol. The van der Waals surface area contributed by atoms with Crippen LogP contribution in [-0.2, 0) is 0 Å². The molecule has 0 heterocycles. The maximum atomic E-state index is 6.29. The van der Waals surface area contributed by atoms with Crippen LogP contribution in [0.15, 0.2) is 28.7 Å². The summed E-state index contributed by atoms with van der Waals surface area (Å²) in [7, 11) is 2.25. The Morgan fingerprint density at radius 3 is 2.74 bits per heavy atom. The van der Waals surface area contributed by atoms with Gasteiger partial charge in [0.25, 0.3) is 0 Å². The average Bonchev–Trinajstić information content (AvgIpc) is 2.45. The molecule has 1 aromatic carbocycles. The molecule has 2 N–H and O–H groups in total. The third-order valence-corrected chi connectivity index (χ3v) is 4.76. The van der Waals surface area contributed by atoms with Crippen molar-refractivity contribution in [1.29, 1.82) is 0 Å². The van der Waals surface area contributed by atoms with E-state index >= 15 is 0 Å². The van der Waals surface area contributed by atoms with E-state index in [9.17, 15) is 0 Å². The fourth-order valence-electron chi connectivity index (χ4n) is 2.95. The summed E-state index contributed by atoms with van der Waals surface area (Å²) < 4.78 is 1.11. The van der Waals surface area contributed by atoms with Crippen molar-refractivity contribution in [2.75, 3.05) is 13.6 Å². The van der Waals surface area contributed by atoms with Crippen molar-refractivity contribution in [2.24, 2.45) is 5.73 Å². The summed E-state index contributed by atoms with van der Waals surface area (Å²) in [6.45, 7) is 1.10. The minimum atomic E-state index is 0.142. The molecule has 19 heavy (non-hydrogen) atoms. The Balaban J connectivity index is 1.80. The second-order valence-electron chi connectivity index (χ2n) is 5.72. The lowest BCUT2D eigenvalue weighted by molar-refractivity contribution is 0.186. The number of nitrogens with two attached hydrogens (primary N) is 1. The van der Waals surface area contributed by atoms with Crippen LogP contribution in [0.1, 0.15) is 50.1 Å². The summed E-state index contributed by atoms with van der Waals surface area (Å²) in [5.74, 6) is 0. The summed E-state index contributed by atoms with van der Waals surface area (Å²) in [6.07, 6.45) is 7.97. The molecule has 1 aliphatic rings. The summed E-state index contributed by atoms with van der Waals surface area (Å²) in [6, 6.07) is 9.28. The predicted molar refractivity (Wildman–Crippen MR) is 85.2 cm³/mol. The zero-order valence-electron chi connectivity index (χ0n) is 11.8. The average molecular weight is 325 g/mol. The van der Waals surface area contributed by atoms with Gasteiger partial charge >= 0.3 is 0 Å². The highest BCUT2D eigenvalue weighted by molar-refractivity contribution is 9.10. The van der Waals surface area contributed by atoms with Crippen molar-refractivity contribution in [3.63, 3.8) is 0 Å². The predicted octanol–water partition coefficient (Wildman–Crippen LogP) is 4.10. The molecule has 1 saturated carbocycles. The van der Waals surface area contributed by atoms with Crippen LogP contribution in [0, 0.1) is 0 Å². The van der Waals surface area contributed by atoms with E-state index in [0.29, 0.717) is 0 Å². The molecule has 1 unspecified atom stereocenters. The van der Waals surface area contributed by atoms with Gasteiger partial charge in [0, 0.05) is 16.6 Å². The van der Waals surface area contributed by atoms with Crippen LogP contribution in [-0.4, -0.2) is 24.5 Å². The Hall–Kier alpha value is -0.380. The van der Waals surface area contributed by atoms with Gasteiger partial charge in [0.05, 0.1) is 0 Å². The SMILES string of the molecule is CN(CCC(N)c1cccc(Br)c1)C1CCCCC1. The topological polar surface area (TPSA) is 29.3 Å². The maximum absolute atomic E-state index is 6.29. The molecular weight excluding hydrogens is 300 g/mol. The van der Waals surface area contributed by atoms with Crippen LogP contribution in [0.5, 0.6) is 0 Å². The zero-order valence-corrected chi connectivity index (χ0v) is 13.4. The summed E-state index contributed by atoms with van der Waals surface area (Å²) in [5, 5.41) is 0. The first kappa shape index (κ1) is 15.0. The fourth-order valence-corrected chi connectivity index (χ4v) is 3.37. The van der Waals surface area contributed by atoms with E-state index in [1.54, 1.807) is 0 Å². The van der Waals surface area contributed by atoms with Gasteiger partial charge in [0.1, 0.15) is 0 Å².